The molecule has 0 saturated heterocycles. The summed E-state index contributed by atoms with van der Waals surface area (Å²) in [7, 11) is -4.32. The molecule has 0 saturated carbocycles. The van der Waals surface area contributed by atoms with Crippen LogP contribution < -0.4 is 10.5 Å². The van der Waals surface area contributed by atoms with Gasteiger partial charge in [-0.2, -0.15) is 0 Å². The molecule has 106 valence electrons. The maximum absolute atomic E-state index is 13.7. The van der Waals surface area contributed by atoms with Crippen molar-refractivity contribution in [2.75, 3.05) is 10.5 Å². The zero-order valence-corrected chi connectivity index (χ0v) is 11.2. The van der Waals surface area contributed by atoms with Crippen molar-refractivity contribution < 1.29 is 17.2 Å². The zero-order valence-electron chi connectivity index (χ0n) is 9.64. The van der Waals surface area contributed by atoms with E-state index in [9.17, 15) is 17.2 Å². The van der Waals surface area contributed by atoms with Gasteiger partial charge in [-0.25, -0.2) is 27.2 Å². The van der Waals surface area contributed by atoms with E-state index in [0.717, 1.165) is 24.5 Å². The van der Waals surface area contributed by atoms with Crippen LogP contribution in [0.1, 0.15) is 0 Å². The van der Waals surface area contributed by atoms with Crippen molar-refractivity contribution in [3.05, 3.63) is 41.3 Å². The molecule has 10 heteroatoms. The van der Waals surface area contributed by atoms with Crippen LogP contribution in [0.5, 0.6) is 0 Å². The Balaban J connectivity index is 2.44. The molecule has 3 N–H and O–H groups in total. The quantitative estimate of drug-likeness (QED) is 0.663. The molecule has 0 spiro atoms. The molecule has 6 nitrogen and oxygen atoms in total. The summed E-state index contributed by atoms with van der Waals surface area (Å²) in [5, 5.41) is -0.00297. The number of aromatic nitrogens is 2. The lowest BCUT2D eigenvalue weighted by atomic mass is 10.3. The smallest absolute Gasteiger partial charge is 0.266 e. The molecule has 2 aromatic rings. The van der Waals surface area contributed by atoms with Gasteiger partial charge in [-0.05, 0) is 12.1 Å². The van der Waals surface area contributed by atoms with Gasteiger partial charge in [0.1, 0.15) is 33.7 Å². The van der Waals surface area contributed by atoms with Gasteiger partial charge in [0.05, 0.1) is 0 Å². The van der Waals surface area contributed by atoms with Crippen molar-refractivity contribution >= 4 is 33.1 Å². The highest BCUT2D eigenvalue weighted by Crippen LogP contribution is 2.24. The molecule has 1 aromatic heterocycles. The van der Waals surface area contributed by atoms with Gasteiger partial charge in [0.2, 0.25) is 0 Å². The molecule has 1 aromatic carbocycles. The highest BCUT2D eigenvalue weighted by atomic mass is 35.5. The van der Waals surface area contributed by atoms with Crippen molar-refractivity contribution in [2.45, 2.75) is 4.90 Å². The van der Waals surface area contributed by atoms with E-state index in [0.29, 0.717) is 0 Å². The summed E-state index contributed by atoms with van der Waals surface area (Å²) in [6, 6.07) is 2.63. The number of nitrogens with one attached hydrogen (secondary N) is 1. The largest absolute Gasteiger partial charge is 0.394 e. The van der Waals surface area contributed by atoms with Gasteiger partial charge < -0.3 is 5.73 Å². The molecule has 0 aliphatic rings. The maximum Gasteiger partial charge on any atom is 0.266 e. The first-order valence-electron chi connectivity index (χ1n) is 5.05. The minimum atomic E-state index is -4.32. The highest BCUT2D eigenvalue weighted by molar-refractivity contribution is 7.92. The second-order valence-corrected chi connectivity index (χ2v) is 5.64. The van der Waals surface area contributed by atoms with Gasteiger partial charge >= 0.3 is 0 Å². The summed E-state index contributed by atoms with van der Waals surface area (Å²) < 4.78 is 52.6. The van der Waals surface area contributed by atoms with Crippen molar-refractivity contribution in [2.24, 2.45) is 0 Å². The van der Waals surface area contributed by atoms with Crippen molar-refractivity contribution in [3.63, 3.8) is 0 Å². The molecule has 0 aliphatic carbocycles. The van der Waals surface area contributed by atoms with Crippen LogP contribution in [-0.2, 0) is 10.0 Å². The molecule has 0 radical (unpaired) electrons. The van der Waals surface area contributed by atoms with Crippen LogP contribution >= 0.6 is 11.6 Å². The number of anilines is 2. The van der Waals surface area contributed by atoms with E-state index >= 15 is 0 Å². The van der Waals surface area contributed by atoms with Crippen LogP contribution in [0.15, 0.2) is 29.4 Å². The second-order valence-electron chi connectivity index (χ2n) is 3.60. The Morgan fingerprint density at radius 1 is 1.25 bits per heavy atom. The van der Waals surface area contributed by atoms with Crippen LogP contribution in [0.2, 0.25) is 5.15 Å². The lowest BCUT2D eigenvalue weighted by molar-refractivity contribution is 0.557. The number of sulfonamides is 1. The molecule has 20 heavy (non-hydrogen) atoms. The number of hydrogen-bond acceptors (Lipinski definition) is 5. The minimum Gasteiger partial charge on any atom is -0.394 e. The van der Waals surface area contributed by atoms with Crippen LogP contribution in [-0.4, -0.2) is 18.4 Å². The molecule has 0 bridgehead atoms. The van der Waals surface area contributed by atoms with Crippen molar-refractivity contribution in [1.29, 1.82) is 0 Å². The monoisotopic (exact) mass is 320 g/mol. The van der Waals surface area contributed by atoms with Gasteiger partial charge in [-0.1, -0.05) is 11.6 Å². The number of benzene rings is 1. The van der Waals surface area contributed by atoms with E-state index in [2.05, 4.69) is 9.97 Å². The fraction of sp³-hybridized carbons (Fsp3) is 0. The van der Waals surface area contributed by atoms with Crippen LogP contribution in [0.4, 0.5) is 20.3 Å². The second kappa shape index (κ2) is 5.17. The van der Waals surface area contributed by atoms with Crippen molar-refractivity contribution in [3.8, 4) is 0 Å². The van der Waals surface area contributed by atoms with Gasteiger partial charge in [-0.15, -0.1) is 0 Å². The van der Waals surface area contributed by atoms with E-state index < -0.39 is 32.2 Å². The summed E-state index contributed by atoms with van der Waals surface area (Å²) in [6.07, 6.45) is 1.02. The average molecular weight is 321 g/mol. The Labute approximate surface area is 117 Å². The summed E-state index contributed by atoms with van der Waals surface area (Å²) in [6.45, 7) is 0. The summed E-state index contributed by atoms with van der Waals surface area (Å²) in [5.41, 5.74) is 4.23. The van der Waals surface area contributed by atoms with Gasteiger partial charge in [0.25, 0.3) is 10.0 Å². The molecule has 0 amide bonds. The molecule has 0 fully saturated rings. The predicted octanol–water partition coefficient (Wildman–Crippen LogP) is 1.79. The Hall–Kier alpha value is -2.00. The number of nitrogens with zero attached hydrogens (tertiary/aromatic N) is 2. The van der Waals surface area contributed by atoms with E-state index in [1.54, 1.807) is 0 Å². The number of nitrogens with two attached hydrogens (primary N) is 1. The number of hydrogen-bond donors (Lipinski definition) is 2. The molecular formula is C10H7ClF2N4O2S. The van der Waals surface area contributed by atoms with Gasteiger partial charge in [0.15, 0.2) is 5.82 Å². The predicted molar refractivity (Wildman–Crippen MR) is 68.6 cm³/mol. The molecule has 0 unspecified atom stereocenters. The minimum absolute atomic E-state index is 0.00297. The van der Waals surface area contributed by atoms with Gasteiger partial charge in [-0.3, -0.25) is 4.72 Å². The topological polar surface area (TPSA) is 98.0 Å². The third kappa shape index (κ3) is 2.78. The van der Waals surface area contributed by atoms with Crippen LogP contribution in [0.25, 0.3) is 0 Å². The Morgan fingerprint density at radius 3 is 2.60 bits per heavy atom. The van der Waals surface area contributed by atoms with E-state index in [1.807, 2.05) is 4.72 Å². The summed E-state index contributed by atoms with van der Waals surface area (Å²) in [4.78, 5) is 6.37. The zero-order chi connectivity index (χ0) is 14.9. The third-order valence-electron chi connectivity index (χ3n) is 2.25. The lowest BCUT2D eigenvalue weighted by Crippen LogP contribution is -2.16. The Morgan fingerprint density at radius 2 is 1.95 bits per heavy atom. The molecule has 2 rings (SSSR count). The number of halogens is 3. The summed E-state index contributed by atoms with van der Waals surface area (Å²) in [5.74, 6) is -2.59. The molecule has 1 heterocycles. The normalized spacial score (nSPS) is 11.3. The first-order valence-corrected chi connectivity index (χ1v) is 6.91. The van der Waals surface area contributed by atoms with Crippen molar-refractivity contribution in [1.82, 2.24) is 9.97 Å². The Kier molecular flexibility index (Phi) is 3.73. The van der Waals surface area contributed by atoms with Gasteiger partial charge in [0, 0.05) is 6.07 Å². The fourth-order valence-electron chi connectivity index (χ4n) is 1.34. The maximum atomic E-state index is 13.7. The lowest BCUT2D eigenvalue weighted by Gasteiger charge is -2.09. The molecule has 0 aliphatic heterocycles. The van der Waals surface area contributed by atoms with E-state index in [-0.39, 0.29) is 11.0 Å². The first kappa shape index (κ1) is 14.4. The first-order chi connectivity index (χ1) is 9.31. The standard InChI is InChI=1S/C10H7ClF2N4O2S/c11-7-3-8(16-4-15-7)17-20(18,19)6-2-1-5(12)10(14)9(6)13/h1-4H,14H2,(H,15,16,17). The van der Waals surface area contributed by atoms with Crippen LogP contribution in [0.3, 0.4) is 0 Å². The average Bonchev–Trinajstić information content (AvgIpc) is 2.35. The number of nitrogen functional groups attached to an aromatic ring is 1. The highest BCUT2D eigenvalue weighted by Gasteiger charge is 2.23. The molecular weight excluding hydrogens is 314 g/mol. The summed E-state index contributed by atoms with van der Waals surface area (Å²) >= 11 is 5.57. The Bertz CT molecular complexity index is 770. The van der Waals surface area contributed by atoms with E-state index in [1.165, 1.54) is 0 Å². The molecule has 0 atom stereocenters. The van der Waals surface area contributed by atoms with Crippen LogP contribution in [0, 0.1) is 11.6 Å². The fourth-order valence-corrected chi connectivity index (χ4v) is 2.58. The van der Waals surface area contributed by atoms with E-state index in [4.69, 9.17) is 17.3 Å². The number of rotatable bonds is 3. The SMILES string of the molecule is Nc1c(F)ccc(S(=O)(=O)Nc2cc(Cl)ncn2)c1F. The third-order valence-corrected chi connectivity index (χ3v) is 3.83.